The molecule has 10 heteroatoms. The van der Waals surface area contributed by atoms with E-state index in [4.69, 9.17) is 30.5 Å². The maximum atomic E-state index is 13.6. The van der Waals surface area contributed by atoms with Gasteiger partial charge in [-0.15, -0.1) is 0 Å². The van der Waals surface area contributed by atoms with Crippen LogP contribution >= 0.6 is 43.5 Å². The van der Waals surface area contributed by atoms with Crippen LogP contribution in [0.25, 0.3) is 33.5 Å². The second-order valence-electron chi connectivity index (χ2n) is 9.01. The monoisotopic (exact) mass is 691 g/mol. The third-order valence-corrected chi connectivity index (χ3v) is 8.30. The lowest BCUT2D eigenvalue weighted by Crippen LogP contribution is -2.20. The number of ether oxygens (including phenoxy) is 2. The largest absolute Gasteiger partial charge is 0.493 e. The molecule has 0 saturated carbocycles. The van der Waals surface area contributed by atoms with Crippen LogP contribution < -0.4 is 15.0 Å². The second-order valence-corrected chi connectivity index (χ2v) is 11.1. The van der Waals surface area contributed by atoms with Gasteiger partial charge in [-0.25, -0.2) is 4.98 Å². The molecule has 0 unspecified atom stereocenters. The number of para-hydroxylation sites is 1. The molecule has 0 aliphatic heterocycles. The highest BCUT2D eigenvalue weighted by Gasteiger charge is 2.19. The fourth-order valence-corrected chi connectivity index (χ4v) is 5.38. The van der Waals surface area contributed by atoms with Crippen molar-refractivity contribution in [3.05, 3.63) is 120 Å². The van der Waals surface area contributed by atoms with E-state index in [-0.39, 0.29) is 11.4 Å². The van der Waals surface area contributed by atoms with Gasteiger partial charge in [-0.2, -0.15) is 9.78 Å². The predicted octanol–water partition coefficient (Wildman–Crippen LogP) is 8.46. The zero-order chi connectivity index (χ0) is 28.5. The summed E-state index contributed by atoms with van der Waals surface area (Å²) in [5.41, 5.74) is 2.40. The van der Waals surface area contributed by atoms with Crippen molar-refractivity contribution in [1.82, 2.24) is 9.66 Å². The molecular weight excluding hydrogens is 674 g/mol. The summed E-state index contributed by atoms with van der Waals surface area (Å²) in [6.07, 6.45) is 1.51. The van der Waals surface area contributed by atoms with E-state index in [0.717, 1.165) is 15.4 Å². The zero-order valence-electron chi connectivity index (χ0n) is 21.5. The van der Waals surface area contributed by atoms with E-state index in [9.17, 15) is 4.79 Å². The van der Waals surface area contributed by atoms with Gasteiger partial charge in [0.15, 0.2) is 17.3 Å². The van der Waals surface area contributed by atoms with Gasteiger partial charge in [0.05, 0.1) is 24.2 Å². The number of methoxy groups -OCH3 is 1. The number of fused-ring (bicyclic) bond motifs is 2. The van der Waals surface area contributed by atoms with Gasteiger partial charge in [0.1, 0.15) is 17.2 Å². The smallest absolute Gasteiger partial charge is 0.282 e. The molecule has 0 N–H and O–H groups in total. The first-order chi connectivity index (χ1) is 19.9. The number of aromatic nitrogens is 2. The standard InChI is InChI=1S/C31H20Br2ClN3O4/c1-39-25-15-20(27(33)28(34)29(25)40-17-18-7-3-2-4-8-18)16-35-37-30(36-23-10-6-5-9-22(23)31(37)38)26-14-19-13-21(32)11-12-24(19)41-26/h2-16H,17H2,1H3. The number of benzene rings is 4. The maximum absolute atomic E-state index is 13.6. The van der Waals surface area contributed by atoms with Crippen LogP contribution in [0.5, 0.6) is 11.5 Å². The van der Waals surface area contributed by atoms with Gasteiger partial charge in [-0.1, -0.05) is 70.0 Å². The van der Waals surface area contributed by atoms with Gasteiger partial charge in [-0.05, 0) is 64.0 Å². The first-order valence-electron chi connectivity index (χ1n) is 12.4. The minimum atomic E-state index is -0.347. The lowest BCUT2D eigenvalue weighted by atomic mass is 10.2. The van der Waals surface area contributed by atoms with Crippen LogP contribution in [0.3, 0.4) is 0 Å². The molecule has 0 aliphatic rings. The van der Waals surface area contributed by atoms with Gasteiger partial charge < -0.3 is 13.9 Å². The van der Waals surface area contributed by atoms with E-state index in [1.54, 1.807) is 24.3 Å². The van der Waals surface area contributed by atoms with Crippen molar-refractivity contribution in [2.24, 2.45) is 5.10 Å². The highest BCUT2D eigenvalue weighted by Crippen LogP contribution is 2.42. The Kier molecular flexibility index (Phi) is 7.66. The number of hydrogen-bond acceptors (Lipinski definition) is 6. The van der Waals surface area contributed by atoms with Gasteiger partial charge in [0.25, 0.3) is 5.56 Å². The summed E-state index contributed by atoms with van der Waals surface area (Å²) in [5.74, 6) is 1.47. The van der Waals surface area contributed by atoms with E-state index in [1.807, 2.05) is 60.7 Å². The molecule has 0 saturated heterocycles. The van der Waals surface area contributed by atoms with Crippen LogP contribution in [0.1, 0.15) is 11.1 Å². The van der Waals surface area contributed by atoms with E-state index in [0.29, 0.717) is 55.4 Å². The first kappa shape index (κ1) is 27.3. The Hall–Kier alpha value is -3.92. The molecule has 0 aliphatic carbocycles. The lowest BCUT2D eigenvalue weighted by molar-refractivity contribution is 0.284. The Morgan fingerprint density at radius 2 is 1.80 bits per heavy atom. The lowest BCUT2D eigenvalue weighted by Gasteiger charge is -2.15. The molecule has 204 valence electrons. The predicted molar refractivity (Wildman–Crippen MR) is 168 cm³/mol. The summed E-state index contributed by atoms with van der Waals surface area (Å²) in [6, 6.07) is 26.1. The van der Waals surface area contributed by atoms with Crippen LogP contribution in [-0.2, 0) is 6.61 Å². The average molecular weight is 694 g/mol. The van der Waals surface area contributed by atoms with Gasteiger partial charge in [0, 0.05) is 19.9 Å². The molecule has 0 spiro atoms. The Labute approximate surface area is 256 Å². The molecule has 6 aromatic rings. The summed E-state index contributed by atoms with van der Waals surface area (Å²) >= 11 is 13.8. The molecule has 0 radical (unpaired) electrons. The number of nitrogens with zero attached hydrogens (tertiary/aromatic N) is 3. The average Bonchev–Trinajstić information content (AvgIpc) is 3.41. The van der Waals surface area contributed by atoms with Crippen LogP contribution in [0.2, 0.25) is 5.02 Å². The minimum Gasteiger partial charge on any atom is -0.493 e. The van der Waals surface area contributed by atoms with Crippen molar-refractivity contribution in [3.8, 4) is 23.1 Å². The number of furan rings is 1. The molecular formula is C31H20Br2ClN3O4. The summed E-state index contributed by atoms with van der Waals surface area (Å²) in [4.78, 5) is 18.4. The van der Waals surface area contributed by atoms with Crippen molar-refractivity contribution < 1.29 is 13.9 Å². The third kappa shape index (κ3) is 5.40. The van der Waals surface area contributed by atoms with Crippen molar-refractivity contribution >= 4 is 71.5 Å². The highest BCUT2D eigenvalue weighted by atomic mass is 79.9. The Morgan fingerprint density at radius 1 is 1.02 bits per heavy atom. The number of hydrogen-bond donors (Lipinski definition) is 0. The highest BCUT2D eigenvalue weighted by molar-refractivity contribution is 9.10. The van der Waals surface area contributed by atoms with E-state index < -0.39 is 0 Å². The maximum Gasteiger partial charge on any atom is 0.282 e. The third-order valence-electron chi connectivity index (χ3n) is 6.37. The van der Waals surface area contributed by atoms with E-state index in [2.05, 4.69) is 37.0 Å². The number of rotatable bonds is 7. The van der Waals surface area contributed by atoms with Crippen molar-refractivity contribution in [2.75, 3.05) is 7.11 Å². The zero-order valence-corrected chi connectivity index (χ0v) is 25.4. The van der Waals surface area contributed by atoms with Gasteiger partial charge in [0.2, 0.25) is 5.82 Å². The second kappa shape index (κ2) is 11.5. The van der Waals surface area contributed by atoms with Crippen molar-refractivity contribution in [3.63, 3.8) is 0 Å². The van der Waals surface area contributed by atoms with Crippen molar-refractivity contribution in [1.29, 1.82) is 0 Å². The molecule has 0 fully saturated rings. The van der Waals surface area contributed by atoms with Crippen LogP contribution in [0.15, 0.2) is 108 Å². The SMILES string of the molecule is COc1cc(C=Nn2c(-c3cc4cc(Br)ccc4o3)nc3ccccc3c2=O)c(Br)c(Cl)c1OCc1ccccc1. The molecule has 0 amide bonds. The van der Waals surface area contributed by atoms with Gasteiger partial charge in [-0.3, -0.25) is 4.79 Å². The van der Waals surface area contributed by atoms with Crippen LogP contribution in [-0.4, -0.2) is 23.0 Å². The molecule has 41 heavy (non-hydrogen) atoms. The summed E-state index contributed by atoms with van der Waals surface area (Å²) in [5, 5.41) is 6.15. The van der Waals surface area contributed by atoms with Crippen molar-refractivity contribution in [2.45, 2.75) is 6.61 Å². The normalized spacial score (nSPS) is 11.5. The molecule has 0 atom stereocenters. The Morgan fingerprint density at radius 3 is 2.61 bits per heavy atom. The van der Waals surface area contributed by atoms with E-state index in [1.165, 1.54) is 18.0 Å². The first-order valence-corrected chi connectivity index (χ1v) is 14.4. The Bertz CT molecular complexity index is 2010. The summed E-state index contributed by atoms with van der Waals surface area (Å²) in [7, 11) is 1.53. The minimum absolute atomic E-state index is 0.259. The molecule has 6 rings (SSSR count). The fraction of sp³-hybridized carbons (Fsp3) is 0.0645. The molecule has 0 bridgehead atoms. The van der Waals surface area contributed by atoms with Crippen LogP contribution in [0, 0.1) is 0 Å². The summed E-state index contributed by atoms with van der Waals surface area (Å²) < 4.78 is 20.3. The Balaban J connectivity index is 1.44. The quantitative estimate of drug-likeness (QED) is 0.157. The van der Waals surface area contributed by atoms with E-state index >= 15 is 0 Å². The molecule has 2 heterocycles. The molecule has 2 aromatic heterocycles. The summed E-state index contributed by atoms with van der Waals surface area (Å²) in [6.45, 7) is 0.312. The topological polar surface area (TPSA) is 78.9 Å². The number of halogens is 3. The molecule has 7 nitrogen and oxygen atoms in total. The van der Waals surface area contributed by atoms with Gasteiger partial charge >= 0.3 is 0 Å². The molecule has 4 aromatic carbocycles. The van der Waals surface area contributed by atoms with Crippen LogP contribution in [0.4, 0.5) is 0 Å². The fourth-order valence-electron chi connectivity index (χ4n) is 4.35.